The van der Waals surface area contributed by atoms with Gasteiger partial charge in [-0.25, -0.2) is 0 Å². The molecule has 0 saturated heterocycles. The summed E-state index contributed by atoms with van der Waals surface area (Å²) in [6.07, 6.45) is 3.47. The van der Waals surface area contributed by atoms with Crippen LogP contribution in [0.5, 0.6) is 5.75 Å². The Hall–Kier alpha value is -2.95. The number of rotatable bonds is 5. The second-order valence-corrected chi connectivity index (χ2v) is 4.65. The van der Waals surface area contributed by atoms with Crippen molar-refractivity contribution in [1.29, 1.82) is 0 Å². The molecule has 3 rings (SSSR count). The average molecular weight is 292 g/mol. The highest BCUT2D eigenvalue weighted by Crippen LogP contribution is 2.19. The second kappa shape index (κ2) is 6.67. The Morgan fingerprint density at radius 1 is 1.14 bits per heavy atom. The third-order valence-corrected chi connectivity index (χ3v) is 3.15. The van der Waals surface area contributed by atoms with Gasteiger partial charge in [0.05, 0.1) is 19.0 Å². The summed E-state index contributed by atoms with van der Waals surface area (Å²) in [5, 5.41) is 14.3. The van der Waals surface area contributed by atoms with E-state index in [0.717, 1.165) is 22.1 Å². The standard InChI is InChI=1S/C17H16N4O/c1-2-22-15-9-7-13(8-10-15)11-18-20-17-16-6-4-3-5-14(16)12-19-21-17/h3-12H,2H2,1H3,(H,20,21). The highest BCUT2D eigenvalue weighted by molar-refractivity contribution is 5.91. The molecule has 22 heavy (non-hydrogen) atoms. The van der Waals surface area contributed by atoms with Gasteiger partial charge in [-0.05, 0) is 36.8 Å². The summed E-state index contributed by atoms with van der Waals surface area (Å²) in [5.74, 6) is 1.49. The van der Waals surface area contributed by atoms with Crippen molar-refractivity contribution < 1.29 is 4.74 Å². The summed E-state index contributed by atoms with van der Waals surface area (Å²) >= 11 is 0. The molecular weight excluding hydrogens is 276 g/mol. The number of ether oxygens (including phenoxy) is 1. The van der Waals surface area contributed by atoms with Crippen LogP contribution in [0.25, 0.3) is 10.8 Å². The summed E-state index contributed by atoms with van der Waals surface area (Å²) in [6.45, 7) is 2.62. The summed E-state index contributed by atoms with van der Waals surface area (Å²) in [7, 11) is 0. The van der Waals surface area contributed by atoms with Gasteiger partial charge in [-0.15, -0.1) is 5.10 Å². The predicted octanol–water partition coefficient (Wildman–Crippen LogP) is 3.47. The van der Waals surface area contributed by atoms with E-state index in [0.29, 0.717) is 12.4 Å². The fourth-order valence-electron chi connectivity index (χ4n) is 2.10. The Bertz CT molecular complexity index is 779. The molecule has 0 aliphatic heterocycles. The topological polar surface area (TPSA) is 59.4 Å². The molecule has 5 nitrogen and oxygen atoms in total. The van der Waals surface area contributed by atoms with Crippen molar-refractivity contribution in [2.75, 3.05) is 12.0 Å². The lowest BCUT2D eigenvalue weighted by Crippen LogP contribution is -1.96. The minimum absolute atomic E-state index is 0.639. The molecule has 0 spiro atoms. The molecule has 5 heteroatoms. The summed E-state index contributed by atoms with van der Waals surface area (Å²) < 4.78 is 5.40. The molecule has 0 aliphatic carbocycles. The highest BCUT2D eigenvalue weighted by atomic mass is 16.5. The average Bonchev–Trinajstić information content (AvgIpc) is 2.57. The van der Waals surface area contributed by atoms with Gasteiger partial charge in [-0.2, -0.15) is 10.2 Å². The molecule has 2 aromatic carbocycles. The van der Waals surface area contributed by atoms with Crippen molar-refractivity contribution in [3.63, 3.8) is 0 Å². The smallest absolute Gasteiger partial charge is 0.176 e. The zero-order chi connectivity index (χ0) is 15.2. The van der Waals surface area contributed by atoms with Gasteiger partial charge < -0.3 is 4.74 Å². The number of benzene rings is 2. The minimum Gasteiger partial charge on any atom is -0.494 e. The largest absolute Gasteiger partial charge is 0.494 e. The number of hydrogen-bond acceptors (Lipinski definition) is 5. The number of nitrogens with one attached hydrogen (secondary N) is 1. The lowest BCUT2D eigenvalue weighted by molar-refractivity contribution is 0.340. The molecule has 1 aromatic heterocycles. The van der Waals surface area contributed by atoms with E-state index >= 15 is 0 Å². The zero-order valence-electron chi connectivity index (χ0n) is 12.2. The Labute approximate surface area is 128 Å². The SMILES string of the molecule is CCOc1ccc(C=NNc2nncc3ccccc23)cc1. The van der Waals surface area contributed by atoms with E-state index in [9.17, 15) is 0 Å². The number of fused-ring (bicyclic) bond motifs is 1. The van der Waals surface area contributed by atoms with Crippen LogP contribution in [0.15, 0.2) is 59.8 Å². The van der Waals surface area contributed by atoms with Gasteiger partial charge in [0.1, 0.15) is 5.75 Å². The van der Waals surface area contributed by atoms with Crippen molar-refractivity contribution in [2.24, 2.45) is 5.10 Å². The molecule has 0 atom stereocenters. The number of aromatic nitrogens is 2. The third-order valence-electron chi connectivity index (χ3n) is 3.15. The molecule has 3 aromatic rings. The maximum Gasteiger partial charge on any atom is 0.176 e. The second-order valence-electron chi connectivity index (χ2n) is 4.65. The van der Waals surface area contributed by atoms with Crippen molar-refractivity contribution >= 4 is 22.8 Å². The Balaban J connectivity index is 1.73. The summed E-state index contributed by atoms with van der Waals surface area (Å²) in [5.41, 5.74) is 3.92. The molecule has 1 N–H and O–H groups in total. The molecule has 1 heterocycles. The first-order valence-corrected chi connectivity index (χ1v) is 7.09. The quantitative estimate of drug-likeness (QED) is 0.578. The highest BCUT2D eigenvalue weighted by Gasteiger charge is 2.00. The number of hydrogen-bond donors (Lipinski definition) is 1. The van der Waals surface area contributed by atoms with Crippen LogP contribution < -0.4 is 10.2 Å². The number of anilines is 1. The Morgan fingerprint density at radius 2 is 1.95 bits per heavy atom. The van der Waals surface area contributed by atoms with Crippen molar-refractivity contribution in [3.05, 3.63) is 60.3 Å². The lowest BCUT2D eigenvalue weighted by Gasteiger charge is -2.03. The van der Waals surface area contributed by atoms with E-state index in [-0.39, 0.29) is 0 Å². The first-order valence-electron chi connectivity index (χ1n) is 7.09. The zero-order valence-corrected chi connectivity index (χ0v) is 12.2. The fourth-order valence-corrected chi connectivity index (χ4v) is 2.10. The first-order chi connectivity index (χ1) is 10.9. The van der Waals surface area contributed by atoms with E-state index in [1.165, 1.54) is 0 Å². The molecule has 110 valence electrons. The van der Waals surface area contributed by atoms with E-state index in [1.807, 2.05) is 55.5 Å². The van der Waals surface area contributed by atoms with E-state index in [1.54, 1.807) is 12.4 Å². The molecule has 0 aliphatic rings. The van der Waals surface area contributed by atoms with Gasteiger partial charge in [-0.3, -0.25) is 5.43 Å². The van der Waals surface area contributed by atoms with Gasteiger partial charge >= 0.3 is 0 Å². The minimum atomic E-state index is 0.639. The lowest BCUT2D eigenvalue weighted by atomic mass is 10.2. The van der Waals surface area contributed by atoms with Crippen LogP contribution in [-0.2, 0) is 0 Å². The van der Waals surface area contributed by atoms with E-state index in [4.69, 9.17) is 4.74 Å². The van der Waals surface area contributed by atoms with Crippen LogP contribution in [0.4, 0.5) is 5.82 Å². The van der Waals surface area contributed by atoms with Gasteiger partial charge in [0.25, 0.3) is 0 Å². The molecule has 0 amide bonds. The monoisotopic (exact) mass is 292 g/mol. The van der Waals surface area contributed by atoms with Crippen LogP contribution in [0, 0.1) is 0 Å². The van der Waals surface area contributed by atoms with Gasteiger partial charge in [-0.1, -0.05) is 24.3 Å². The fraction of sp³-hybridized carbons (Fsp3) is 0.118. The maximum absolute atomic E-state index is 5.40. The van der Waals surface area contributed by atoms with Crippen molar-refractivity contribution in [2.45, 2.75) is 6.92 Å². The van der Waals surface area contributed by atoms with Gasteiger partial charge in [0, 0.05) is 10.8 Å². The first kappa shape index (κ1) is 14.0. The normalized spacial score (nSPS) is 11.0. The predicted molar refractivity (Wildman–Crippen MR) is 88.4 cm³/mol. The van der Waals surface area contributed by atoms with Crippen LogP contribution >= 0.6 is 0 Å². The number of hydrazone groups is 1. The van der Waals surface area contributed by atoms with Gasteiger partial charge in [0.15, 0.2) is 5.82 Å². The molecule has 0 unspecified atom stereocenters. The van der Waals surface area contributed by atoms with Crippen molar-refractivity contribution in [1.82, 2.24) is 10.2 Å². The molecule has 0 saturated carbocycles. The molecule has 0 bridgehead atoms. The molecule has 0 radical (unpaired) electrons. The number of nitrogens with zero attached hydrogens (tertiary/aromatic N) is 3. The maximum atomic E-state index is 5.40. The van der Waals surface area contributed by atoms with Crippen LogP contribution in [0.1, 0.15) is 12.5 Å². The van der Waals surface area contributed by atoms with E-state index < -0.39 is 0 Å². The summed E-state index contributed by atoms with van der Waals surface area (Å²) in [4.78, 5) is 0. The van der Waals surface area contributed by atoms with E-state index in [2.05, 4.69) is 20.7 Å². The third kappa shape index (κ3) is 3.20. The van der Waals surface area contributed by atoms with Crippen LogP contribution in [0.3, 0.4) is 0 Å². The van der Waals surface area contributed by atoms with Crippen LogP contribution in [-0.4, -0.2) is 23.0 Å². The Morgan fingerprint density at radius 3 is 2.77 bits per heavy atom. The Kier molecular flexibility index (Phi) is 4.25. The van der Waals surface area contributed by atoms with Crippen LogP contribution in [0.2, 0.25) is 0 Å². The molecule has 0 fully saturated rings. The van der Waals surface area contributed by atoms with Gasteiger partial charge in [0.2, 0.25) is 0 Å². The summed E-state index contributed by atoms with van der Waals surface area (Å²) in [6, 6.07) is 15.6. The molecular formula is C17H16N4O. The van der Waals surface area contributed by atoms with Crippen molar-refractivity contribution in [3.8, 4) is 5.75 Å².